The number of benzene rings is 3. The van der Waals surface area contributed by atoms with E-state index in [9.17, 15) is 14.9 Å². The van der Waals surface area contributed by atoms with Crippen molar-refractivity contribution in [1.29, 1.82) is 5.26 Å². The maximum atomic E-state index is 12.7. The first-order valence-electron chi connectivity index (χ1n) is 10.7. The van der Waals surface area contributed by atoms with Crippen molar-refractivity contribution in [3.63, 3.8) is 0 Å². The van der Waals surface area contributed by atoms with Crippen LogP contribution in [0.4, 0.5) is 5.69 Å². The third-order valence-corrected chi connectivity index (χ3v) is 5.85. The summed E-state index contributed by atoms with van der Waals surface area (Å²) >= 11 is 3.47. The zero-order valence-electron chi connectivity index (χ0n) is 19.2. The zero-order valence-corrected chi connectivity index (χ0v) is 20.8. The van der Waals surface area contributed by atoms with Crippen molar-refractivity contribution < 1.29 is 24.2 Å². The molecule has 0 heterocycles. The fourth-order valence-corrected chi connectivity index (χ4v) is 3.60. The molecular weight excluding hydrogens is 512 g/mol. The predicted molar refractivity (Wildman–Crippen MR) is 136 cm³/mol. The molecule has 3 aromatic carbocycles. The summed E-state index contributed by atoms with van der Waals surface area (Å²) in [6, 6.07) is 19.1. The number of nitriles is 1. The number of carboxylic acids is 1. The van der Waals surface area contributed by atoms with Crippen molar-refractivity contribution in [2.45, 2.75) is 20.0 Å². The van der Waals surface area contributed by atoms with Gasteiger partial charge in [-0.05, 0) is 65.6 Å². The van der Waals surface area contributed by atoms with Gasteiger partial charge in [0.15, 0.2) is 11.5 Å². The van der Waals surface area contributed by atoms with Crippen LogP contribution in [-0.4, -0.2) is 24.1 Å². The molecule has 0 radical (unpaired) electrons. The standard InChI is InChI=1S/C27H23BrN2O5/c1-3-17-6-10-22(11-7-17)30-26(31)21(15-29)12-20-13-24(34-2)25(14-23(20)28)35-16-18-4-8-19(9-5-18)27(32)33/h4-14H,3,16H2,1-2H3,(H,30,31)(H,32,33)/b21-12+. The molecule has 178 valence electrons. The lowest BCUT2D eigenvalue weighted by molar-refractivity contribution is -0.112. The lowest BCUT2D eigenvalue weighted by atomic mass is 10.1. The van der Waals surface area contributed by atoms with E-state index in [-0.39, 0.29) is 17.7 Å². The third kappa shape index (κ3) is 6.71. The SMILES string of the molecule is CCc1ccc(NC(=O)/C(C#N)=C/c2cc(OC)c(OCc3ccc(C(=O)O)cc3)cc2Br)cc1. The molecule has 35 heavy (non-hydrogen) atoms. The lowest BCUT2D eigenvalue weighted by Gasteiger charge is -2.13. The Kier molecular flexibility index (Phi) is 8.65. The topological polar surface area (TPSA) is 109 Å². The fourth-order valence-electron chi connectivity index (χ4n) is 3.16. The third-order valence-electron chi connectivity index (χ3n) is 5.16. The van der Waals surface area contributed by atoms with Gasteiger partial charge in [-0.3, -0.25) is 4.79 Å². The van der Waals surface area contributed by atoms with Crippen LogP contribution in [-0.2, 0) is 17.8 Å². The Balaban J connectivity index is 1.77. The van der Waals surface area contributed by atoms with Crippen LogP contribution in [0.15, 0.2) is 70.7 Å². The second-order valence-corrected chi connectivity index (χ2v) is 8.34. The van der Waals surface area contributed by atoms with Crippen molar-refractivity contribution in [2.75, 3.05) is 12.4 Å². The Morgan fingerprint density at radius 2 is 1.71 bits per heavy atom. The summed E-state index contributed by atoms with van der Waals surface area (Å²) in [6.45, 7) is 2.24. The van der Waals surface area contributed by atoms with Gasteiger partial charge in [-0.1, -0.05) is 47.1 Å². The summed E-state index contributed by atoms with van der Waals surface area (Å²) in [7, 11) is 1.49. The van der Waals surface area contributed by atoms with Gasteiger partial charge in [-0.2, -0.15) is 5.26 Å². The molecule has 8 heteroatoms. The molecule has 3 rings (SSSR count). The summed E-state index contributed by atoms with van der Waals surface area (Å²) in [4.78, 5) is 23.6. The van der Waals surface area contributed by atoms with Crippen LogP contribution < -0.4 is 14.8 Å². The van der Waals surface area contributed by atoms with Gasteiger partial charge in [0.05, 0.1) is 12.7 Å². The number of aryl methyl sites for hydroxylation is 1. The van der Waals surface area contributed by atoms with Crippen molar-refractivity contribution in [3.05, 3.63) is 93.0 Å². The lowest BCUT2D eigenvalue weighted by Crippen LogP contribution is -2.13. The largest absolute Gasteiger partial charge is 0.493 e. The molecule has 0 saturated carbocycles. The van der Waals surface area contributed by atoms with E-state index < -0.39 is 11.9 Å². The van der Waals surface area contributed by atoms with Crippen molar-refractivity contribution in [3.8, 4) is 17.6 Å². The first-order chi connectivity index (χ1) is 16.8. The van der Waals surface area contributed by atoms with Crippen LogP contribution in [0.2, 0.25) is 0 Å². The number of halogens is 1. The summed E-state index contributed by atoms with van der Waals surface area (Å²) in [5.41, 5.74) is 3.22. The second kappa shape index (κ2) is 11.9. The normalized spacial score (nSPS) is 10.9. The Morgan fingerprint density at radius 3 is 2.29 bits per heavy atom. The number of hydrogen-bond acceptors (Lipinski definition) is 5. The molecule has 7 nitrogen and oxygen atoms in total. The number of carboxylic acid groups (broad SMARTS) is 1. The minimum atomic E-state index is -0.994. The molecule has 0 aliphatic rings. The van der Waals surface area contributed by atoms with E-state index in [1.165, 1.54) is 25.3 Å². The fraction of sp³-hybridized carbons (Fsp3) is 0.148. The monoisotopic (exact) mass is 534 g/mol. The highest BCUT2D eigenvalue weighted by atomic mass is 79.9. The Morgan fingerprint density at radius 1 is 1.06 bits per heavy atom. The van der Waals surface area contributed by atoms with E-state index in [2.05, 4.69) is 21.2 Å². The predicted octanol–water partition coefficient (Wildman–Crippen LogP) is 5.84. The van der Waals surface area contributed by atoms with Gasteiger partial charge in [0.25, 0.3) is 5.91 Å². The van der Waals surface area contributed by atoms with Gasteiger partial charge in [0.2, 0.25) is 0 Å². The average Bonchev–Trinajstić information content (AvgIpc) is 2.87. The highest BCUT2D eigenvalue weighted by Gasteiger charge is 2.14. The van der Waals surface area contributed by atoms with Gasteiger partial charge in [-0.15, -0.1) is 0 Å². The van der Waals surface area contributed by atoms with E-state index in [1.807, 2.05) is 25.1 Å². The number of anilines is 1. The highest BCUT2D eigenvalue weighted by Crippen LogP contribution is 2.35. The Bertz CT molecular complexity index is 1290. The molecular formula is C27H23BrN2O5. The molecule has 0 unspecified atom stereocenters. The Hall–Kier alpha value is -4.09. The van der Waals surface area contributed by atoms with Crippen molar-refractivity contribution in [2.24, 2.45) is 0 Å². The van der Waals surface area contributed by atoms with E-state index in [4.69, 9.17) is 14.6 Å². The number of carbonyl (C=O) groups is 2. The molecule has 0 aliphatic heterocycles. The highest BCUT2D eigenvalue weighted by molar-refractivity contribution is 9.10. The number of amides is 1. The van der Waals surface area contributed by atoms with Crippen LogP contribution in [0.3, 0.4) is 0 Å². The minimum absolute atomic E-state index is 0.0699. The molecule has 0 aliphatic carbocycles. The number of carbonyl (C=O) groups excluding carboxylic acids is 1. The molecule has 1 amide bonds. The zero-order chi connectivity index (χ0) is 25.4. The molecule has 0 saturated heterocycles. The summed E-state index contributed by atoms with van der Waals surface area (Å²) in [5.74, 6) is -0.661. The number of ether oxygens (including phenoxy) is 2. The van der Waals surface area contributed by atoms with Crippen LogP contribution in [0.25, 0.3) is 6.08 Å². The number of nitrogens with one attached hydrogen (secondary N) is 1. The van der Waals surface area contributed by atoms with Gasteiger partial charge in [0, 0.05) is 10.2 Å². The van der Waals surface area contributed by atoms with Gasteiger partial charge in [0.1, 0.15) is 18.2 Å². The summed E-state index contributed by atoms with van der Waals surface area (Å²) in [6.07, 6.45) is 2.36. The number of methoxy groups -OCH3 is 1. The molecule has 0 spiro atoms. The number of hydrogen-bond donors (Lipinski definition) is 2. The maximum absolute atomic E-state index is 12.7. The van der Waals surface area contributed by atoms with E-state index in [0.717, 1.165) is 17.5 Å². The molecule has 3 aromatic rings. The van der Waals surface area contributed by atoms with Crippen molar-refractivity contribution >= 4 is 39.6 Å². The second-order valence-electron chi connectivity index (χ2n) is 7.49. The number of rotatable bonds is 9. The van der Waals surface area contributed by atoms with Crippen molar-refractivity contribution in [1.82, 2.24) is 0 Å². The number of nitrogens with zero attached hydrogens (tertiary/aromatic N) is 1. The first kappa shape index (κ1) is 25.5. The smallest absolute Gasteiger partial charge is 0.335 e. The molecule has 0 atom stereocenters. The maximum Gasteiger partial charge on any atom is 0.335 e. The van der Waals surface area contributed by atoms with Gasteiger partial charge >= 0.3 is 5.97 Å². The number of aromatic carboxylic acids is 1. The van der Waals surface area contributed by atoms with Crippen LogP contribution >= 0.6 is 15.9 Å². The minimum Gasteiger partial charge on any atom is -0.493 e. The molecule has 0 bridgehead atoms. The van der Waals surface area contributed by atoms with Gasteiger partial charge in [-0.25, -0.2) is 4.79 Å². The van der Waals surface area contributed by atoms with Crippen LogP contribution in [0.1, 0.15) is 34.0 Å². The van der Waals surface area contributed by atoms with E-state index in [0.29, 0.717) is 27.2 Å². The Labute approximate surface area is 211 Å². The molecule has 0 aromatic heterocycles. The molecule has 0 fully saturated rings. The summed E-state index contributed by atoms with van der Waals surface area (Å²) < 4.78 is 11.9. The molecule has 2 N–H and O–H groups in total. The van der Waals surface area contributed by atoms with Crippen LogP contribution in [0, 0.1) is 11.3 Å². The quantitative estimate of drug-likeness (QED) is 0.263. The first-order valence-corrected chi connectivity index (χ1v) is 11.5. The van der Waals surface area contributed by atoms with Crippen LogP contribution in [0.5, 0.6) is 11.5 Å². The van der Waals surface area contributed by atoms with E-state index >= 15 is 0 Å². The average molecular weight is 535 g/mol. The summed E-state index contributed by atoms with van der Waals surface area (Å²) in [5, 5.41) is 21.3. The van der Waals surface area contributed by atoms with Gasteiger partial charge < -0.3 is 19.9 Å². The van der Waals surface area contributed by atoms with E-state index in [1.54, 1.807) is 36.4 Å².